The van der Waals surface area contributed by atoms with Crippen molar-refractivity contribution in [2.24, 2.45) is 0 Å². The number of anilines is 1. The predicted octanol–water partition coefficient (Wildman–Crippen LogP) is 2.50. The maximum atomic E-state index is 13.8. The van der Waals surface area contributed by atoms with Gasteiger partial charge in [0.15, 0.2) is 0 Å². The molecule has 2 aromatic carbocycles. The number of rotatable bonds is 4. The van der Waals surface area contributed by atoms with Crippen molar-refractivity contribution in [3.8, 4) is 0 Å². The molecule has 0 aliphatic heterocycles. The molecule has 0 spiro atoms. The molecule has 2 aromatic rings. The quantitative estimate of drug-likeness (QED) is 0.852. The molecule has 4 nitrogen and oxygen atoms in total. The largest absolute Gasteiger partial charge is 0.398 e. The molecule has 0 saturated carbocycles. The number of hydrogen-bond acceptors (Lipinski definition) is 3. The lowest BCUT2D eigenvalue weighted by Gasteiger charge is -2.10. The molecule has 0 radical (unpaired) electrons. The van der Waals surface area contributed by atoms with Gasteiger partial charge in [-0.3, -0.25) is 0 Å². The molecule has 0 atom stereocenters. The first-order valence-electron chi connectivity index (χ1n) is 6.40. The summed E-state index contributed by atoms with van der Waals surface area (Å²) in [6.07, 6.45) is 0. The third-order valence-electron chi connectivity index (χ3n) is 3.16. The first kappa shape index (κ1) is 15.5. The molecule has 0 unspecified atom stereocenters. The Bertz CT molecular complexity index is 773. The highest BCUT2D eigenvalue weighted by Gasteiger charge is 2.20. The molecule has 112 valence electrons. The van der Waals surface area contributed by atoms with Gasteiger partial charge < -0.3 is 5.73 Å². The topological polar surface area (TPSA) is 72.2 Å². The van der Waals surface area contributed by atoms with Gasteiger partial charge in [-0.25, -0.2) is 17.5 Å². The molecular formula is C15H17FN2O2S. The van der Waals surface area contributed by atoms with E-state index in [-0.39, 0.29) is 12.2 Å². The van der Waals surface area contributed by atoms with Crippen LogP contribution in [0.25, 0.3) is 0 Å². The van der Waals surface area contributed by atoms with E-state index in [0.717, 1.165) is 23.3 Å². The average Bonchev–Trinajstić information content (AvgIpc) is 2.41. The Morgan fingerprint density at radius 3 is 2.57 bits per heavy atom. The Hall–Kier alpha value is -1.92. The van der Waals surface area contributed by atoms with Crippen molar-refractivity contribution in [3.05, 3.63) is 58.9 Å². The number of halogens is 1. The smallest absolute Gasteiger partial charge is 0.243 e. The van der Waals surface area contributed by atoms with Crippen LogP contribution in [0.2, 0.25) is 0 Å². The van der Waals surface area contributed by atoms with E-state index >= 15 is 0 Å². The second-order valence-corrected chi connectivity index (χ2v) is 6.69. The van der Waals surface area contributed by atoms with Gasteiger partial charge in [-0.1, -0.05) is 29.8 Å². The summed E-state index contributed by atoms with van der Waals surface area (Å²) in [6, 6.07) is 9.68. The SMILES string of the molecule is Cc1cccc(CNS(=O)(=O)c2cc(N)c(C)cc2F)c1. The van der Waals surface area contributed by atoms with Gasteiger partial charge in [0.1, 0.15) is 10.7 Å². The molecule has 0 amide bonds. The van der Waals surface area contributed by atoms with Crippen LogP contribution in [-0.2, 0) is 16.6 Å². The second kappa shape index (κ2) is 5.83. The fourth-order valence-electron chi connectivity index (χ4n) is 1.95. The van der Waals surface area contributed by atoms with Crippen LogP contribution in [-0.4, -0.2) is 8.42 Å². The Balaban J connectivity index is 2.25. The lowest BCUT2D eigenvalue weighted by atomic mass is 10.1. The van der Waals surface area contributed by atoms with Gasteiger partial charge in [-0.05, 0) is 37.1 Å². The molecule has 6 heteroatoms. The van der Waals surface area contributed by atoms with Gasteiger partial charge in [0.25, 0.3) is 0 Å². The predicted molar refractivity (Wildman–Crippen MR) is 80.8 cm³/mol. The zero-order valence-electron chi connectivity index (χ0n) is 11.9. The summed E-state index contributed by atoms with van der Waals surface area (Å²) in [4.78, 5) is -0.432. The molecule has 0 fully saturated rings. The molecule has 21 heavy (non-hydrogen) atoms. The van der Waals surface area contributed by atoms with E-state index in [4.69, 9.17) is 5.73 Å². The maximum absolute atomic E-state index is 13.8. The van der Waals surface area contributed by atoms with Crippen molar-refractivity contribution in [1.82, 2.24) is 4.72 Å². The van der Waals surface area contributed by atoms with E-state index in [2.05, 4.69) is 4.72 Å². The fourth-order valence-corrected chi connectivity index (χ4v) is 3.06. The number of benzene rings is 2. The number of nitrogen functional groups attached to an aromatic ring is 1. The van der Waals surface area contributed by atoms with Crippen LogP contribution in [0.15, 0.2) is 41.3 Å². The molecule has 0 bridgehead atoms. The minimum absolute atomic E-state index is 0.0945. The van der Waals surface area contributed by atoms with E-state index in [0.29, 0.717) is 5.56 Å². The van der Waals surface area contributed by atoms with Gasteiger partial charge in [0.2, 0.25) is 10.0 Å². The molecule has 0 heterocycles. The second-order valence-electron chi connectivity index (χ2n) is 4.95. The third-order valence-corrected chi connectivity index (χ3v) is 4.58. The van der Waals surface area contributed by atoms with Crippen LogP contribution in [0.1, 0.15) is 16.7 Å². The normalized spacial score (nSPS) is 11.6. The number of aryl methyl sites for hydroxylation is 2. The van der Waals surface area contributed by atoms with Crippen molar-refractivity contribution in [2.75, 3.05) is 5.73 Å². The van der Waals surface area contributed by atoms with Gasteiger partial charge in [-0.2, -0.15) is 0 Å². The molecule has 0 aliphatic rings. The number of nitrogens with one attached hydrogen (secondary N) is 1. The van der Waals surface area contributed by atoms with Crippen LogP contribution in [0.3, 0.4) is 0 Å². The van der Waals surface area contributed by atoms with Gasteiger partial charge in [0.05, 0.1) is 0 Å². The van der Waals surface area contributed by atoms with Crippen molar-refractivity contribution in [2.45, 2.75) is 25.3 Å². The molecular weight excluding hydrogens is 291 g/mol. The first-order valence-corrected chi connectivity index (χ1v) is 7.89. The van der Waals surface area contributed by atoms with Crippen LogP contribution >= 0.6 is 0 Å². The number of nitrogens with two attached hydrogens (primary N) is 1. The Morgan fingerprint density at radius 2 is 1.90 bits per heavy atom. The summed E-state index contributed by atoms with van der Waals surface area (Å²) in [7, 11) is -3.95. The van der Waals surface area contributed by atoms with Crippen LogP contribution < -0.4 is 10.5 Å². The summed E-state index contributed by atoms with van der Waals surface area (Å²) in [5.74, 6) is -0.807. The minimum atomic E-state index is -3.95. The maximum Gasteiger partial charge on any atom is 0.243 e. The van der Waals surface area contributed by atoms with Crippen molar-refractivity contribution >= 4 is 15.7 Å². The Morgan fingerprint density at radius 1 is 1.19 bits per heavy atom. The highest BCUT2D eigenvalue weighted by molar-refractivity contribution is 7.89. The summed E-state index contributed by atoms with van der Waals surface area (Å²) in [5.41, 5.74) is 8.23. The average molecular weight is 308 g/mol. The summed E-state index contributed by atoms with van der Waals surface area (Å²) in [5, 5.41) is 0. The summed E-state index contributed by atoms with van der Waals surface area (Å²) in [6.45, 7) is 3.63. The van der Waals surface area contributed by atoms with Gasteiger partial charge >= 0.3 is 0 Å². The molecule has 0 saturated heterocycles. The lowest BCUT2D eigenvalue weighted by Crippen LogP contribution is -2.24. The number of sulfonamides is 1. The van der Waals surface area contributed by atoms with E-state index in [1.807, 2.05) is 25.1 Å². The zero-order chi connectivity index (χ0) is 15.6. The molecule has 0 aromatic heterocycles. The lowest BCUT2D eigenvalue weighted by molar-refractivity contribution is 0.556. The van der Waals surface area contributed by atoms with E-state index < -0.39 is 20.7 Å². The highest BCUT2D eigenvalue weighted by Crippen LogP contribution is 2.21. The summed E-state index contributed by atoms with van der Waals surface area (Å²) >= 11 is 0. The van der Waals surface area contributed by atoms with E-state index in [9.17, 15) is 12.8 Å². The minimum Gasteiger partial charge on any atom is -0.398 e. The molecule has 0 aliphatic carbocycles. The van der Waals surface area contributed by atoms with Crippen LogP contribution in [0.5, 0.6) is 0 Å². The molecule has 3 N–H and O–H groups in total. The van der Waals surface area contributed by atoms with Gasteiger partial charge in [0, 0.05) is 12.2 Å². The molecule has 2 rings (SSSR count). The third kappa shape index (κ3) is 3.59. The van der Waals surface area contributed by atoms with Crippen LogP contribution in [0.4, 0.5) is 10.1 Å². The van der Waals surface area contributed by atoms with Crippen LogP contribution in [0, 0.1) is 19.7 Å². The summed E-state index contributed by atoms with van der Waals surface area (Å²) < 4.78 is 40.6. The van der Waals surface area contributed by atoms with Crippen molar-refractivity contribution in [3.63, 3.8) is 0 Å². The van der Waals surface area contributed by atoms with Crippen molar-refractivity contribution in [1.29, 1.82) is 0 Å². The standard InChI is InChI=1S/C15H17FN2O2S/c1-10-4-3-5-12(6-10)9-18-21(19,20)15-8-14(17)11(2)7-13(15)16/h3-8,18H,9,17H2,1-2H3. The highest BCUT2D eigenvalue weighted by atomic mass is 32.2. The fraction of sp³-hybridized carbons (Fsp3) is 0.200. The van der Waals surface area contributed by atoms with E-state index in [1.165, 1.54) is 0 Å². The first-order chi connectivity index (χ1) is 9.79. The Labute approximate surface area is 123 Å². The van der Waals surface area contributed by atoms with Crippen molar-refractivity contribution < 1.29 is 12.8 Å². The number of hydrogen-bond donors (Lipinski definition) is 2. The Kier molecular flexibility index (Phi) is 4.29. The zero-order valence-corrected chi connectivity index (χ0v) is 12.7. The van der Waals surface area contributed by atoms with E-state index in [1.54, 1.807) is 13.0 Å². The monoisotopic (exact) mass is 308 g/mol. The van der Waals surface area contributed by atoms with Gasteiger partial charge in [-0.15, -0.1) is 0 Å².